The first-order valence-electron chi connectivity index (χ1n) is 18.9. The molecular weight excluding hydrogens is 655 g/mol. The molecule has 2 nitrogen and oxygen atoms in total. The van der Waals surface area contributed by atoms with E-state index < -0.39 is 5.41 Å². The molecule has 1 unspecified atom stereocenters. The summed E-state index contributed by atoms with van der Waals surface area (Å²) in [5.41, 5.74) is 17.7. The summed E-state index contributed by atoms with van der Waals surface area (Å²) >= 11 is 0. The fourth-order valence-electron chi connectivity index (χ4n) is 9.75. The van der Waals surface area contributed by atoms with E-state index in [1.165, 1.54) is 44.5 Å². The average molecular weight is 692 g/mol. The van der Waals surface area contributed by atoms with Crippen molar-refractivity contribution in [3.63, 3.8) is 0 Å². The van der Waals surface area contributed by atoms with Crippen molar-refractivity contribution in [2.45, 2.75) is 24.7 Å². The van der Waals surface area contributed by atoms with E-state index in [1.807, 2.05) is 0 Å². The van der Waals surface area contributed by atoms with Gasteiger partial charge in [0.2, 0.25) is 0 Å². The second-order valence-electron chi connectivity index (χ2n) is 15.2. The summed E-state index contributed by atoms with van der Waals surface area (Å²) in [7, 11) is 0. The van der Waals surface area contributed by atoms with E-state index in [0.29, 0.717) is 0 Å². The fraction of sp³-hybridized carbons (Fsp3) is 0.0769. The van der Waals surface area contributed by atoms with E-state index >= 15 is 0 Å². The van der Waals surface area contributed by atoms with Gasteiger partial charge in [0, 0.05) is 39.2 Å². The third kappa shape index (κ3) is 4.17. The van der Waals surface area contributed by atoms with Gasteiger partial charge in [-0.1, -0.05) is 159 Å². The van der Waals surface area contributed by atoms with E-state index in [0.717, 1.165) is 50.8 Å². The van der Waals surface area contributed by atoms with Crippen LogP contribution in [0.25, 0.3) is 33.4 Å². The average Bonchev–Trinajstić information content (AvgIpc) is 3.64. The van der Waals surface area contributed by atoms with E-state index in [9.17, 15) is 0 Å². The smallest absolute Gasteiger partial charge is 0.140 e. The van der Waals surface area contributed by atoms with Crippen molar-refractivity contribution in [3.05, 3.63) is 221 Å². The largest absolute Gasteiger partial charge is 0.456 e. The number of hydrogen-bond acceptors (Lipinski definition) is 2. The number of hydrogen-bond donors (Lipinski definition) is 0. The Kier molecular flexibility index (Phi) is 6.55. The van der Waals surface area contributed by atoms with Crippen molar-refractivity contribution >= 4 is 17.1 Å². The Balaban J connectivity index is 1.18. The Labute approximate surface area is 316 Å². The molecule has 0 saturated heterocycles. The summed E-state index contributed by atoms with van der Waals surface area (Å²) in [5.74, 6) is 1.80. The zero-order valence-electron chi connectivity index (χ0n) is 30.3. The molecule has 54 heavy (non-hydrogen) atoms. The van der Waals surface area contributed by atoms with Gasteiger partial charge in [-0.05, 0) is 92.5 Å². The molecule has 0 aromatic heterocycles. The van der Waals surface area contributed by atoms with Crippen molar-refractivity contribution in [3.8, 4) is 44.9 Å². The molecule has 0 radical (unpaired) electrons. The SMILES string of the molecule is CC1(C)c2ccccc2-c2ccc(N(c3ccccc3)c3ccc4c(c3)C3(c5ccccc5Oc5c(-c6ccccc6)cccc53)c3ccccc3-4)cc21. The standard InChI is InChI=1S/C52H37NO/c1-51(2)43-23-11-9-20-39(43)41-30-28-36(32-47(41)51)53(35-18-7-4-8-19-35)37-29-31-42-40-21-10-12-24-44(40)52(48(42)33-37)45-25-13-14-27-49(45)54-50-38(22-15-26-46(50)52)34-16-5-3-6-17-34/h3-33H,1-2H3. The quantitative estimate of drug-likeness (QED) is 0.182. The number of fused-ring (bicyclic) bond motifs is 12. The lowest BCUT2D eigenvalue weighted by Crippen LogP contribution is -2.32. The molecule has 2 aliphatic carbocycles. The number of nitrogens with zero attached hydrogens (tertiary/aromatic N) is 1. The van der Waals surface area contributed by atoms with E-state index in [-0.39, 0.29) is 5.41 Å². The Bertz CT molecular complexity index is 2780. The highest BCUT2D eigenvalue weighted by Gasteiger charge is 2.51. The predicted molar refractivity (Wildman–Crippen MR) is 222 cm³/mol. The van der Waals surface area contributed by atoms with Crippen molar-refractivity contribution < 1.29 is 4.74 Å². The normalized spacial score (nSPS) is 16.3. The molecule has 1 atom stereocenters. The third-order valence-corrected chi connectivity index (χ3v) is 12.1. The Morgan fingerprint density at radius 1 is 0.370 bits per heavy atom. The number of rotatable bonds is 4. The highest BCUT2D eigenvalue weighted by atomic mass is 16.5. The first-order chi connectivity index (χ1) is 26.5. The minimum absolute atomic E-state index is 0.111. The number of para-hydroxylation sites is 3. The predicted octanol–water partition coefficient (Wildman–Crippen LogP) is 13.6. The minimum atomic E-state index is -0.596. The molecule has 8 aromatic carbocycles. The molecule has 0 N–H and O–H groups in total. The van der Waals surface area contributed by atoms with Crippen molar-refractivity contribution in [1.29, 1.82) is 0 Å². The molecule has 8 aromatic rings. The van der Waals surface area contributed by atoms with Gasteiger partial charge < -0.3 is 9.64 Å². The third-order valence-electron chi connectivity index (χ3n) is 12.1. The van der Waals surface area contributed by atoms with Gasteiger partial charge in [0.15, 0.2) is 0 Å². The highest BCUT2D eigenvalue weighted by molar-refractivity contribution is 5.93. The van der Waals surface area contributed by atoms with Crippen LogP contribution in [-0.2, 0) is 10.8 Å². The Hall–Kier alpha value is -6.64. The fourth-order valence-corrected chi connectivity index (χ4v) is 9.75. The highest BCUT2D eigenvalue weighted by Crippen LogP contribution is 2.64. The molecule has 2 heteroatoms. The summed E-state index contributed by atoms with van der Waals surface area (Å²) < 4.78 is 6.97. The lowest BCUT2D eigenvalue weighted by atomic mass is 9.65. The van der Waals surface area contributed by atoms with Crippen molar-refractivity contribution in [2.75, 3.05) is 4.90 Å². The zero-order valence-corrected chi connectivity index (χ0v) is 30.3. The minimum Gasteiger partial charge on any atom is -0.456 e. The molecule has 11 rings (SSSR count). The van der Waals surface area contributed by atoms with Gasteiger partial charge in [-0.2, -0.15) is 0 Å². The van der Waals surface area contributed by atoms with Crippen LogP contribution >= 0.6 is 0 Å². The lowest BCUT2D eigenvalue weighted by Gasteiger charge is -2.40. The second-order valence-corrected chi connectivity index (χ2v) is 15.2. The van der Waals surface area contributed by atoms with Crippen LogP contribution in [0.5, 0.6) is 11.5 Å². The van der Waals surface area contributed by atoms with E-state index in [2.05, 4.69) is 207 Å². The molecule has 0 saturated carbocycles. The van der Waals surface area contributed by atoms with Crippen LogP contribution in [0, 0.1) is 0 Å². The maximum absolute atomic E-state index is 6.97. The first-order valence-corrected chi connectivity index (χ1v) is 18.9. The molecule has 1 spiro atoms. The summed E-state index contributed by atoms with van der Waals surface area (Å²) in [6.45, 7) is 4.71. The van der Waals surface area contributed by atoms with Crippen LogP contribution in [0.15, 0.2) is 188 Å². The van der Waals surface area contributed by atoms with Crippen LogP contribution < -0.4 is 9.64 Å². The van der Waals surface area contributed by atoms with E-state index in [1.54, 1.807) is 0 Å². The van der Waals surface area contributed by atoms with E-state index in [4.69, 9.17) is 4.74 Å². The second kappa shape index (κ2) is 11.4. The van der Waals surface area contributed by atoms with Gasteiger partial charge in [0.1, 0.15) is 11.5 Å². The lowest BCUT2D eigenvalue weighted by molar-refractivity contribution is 0.438. The van der Waals surface area contributed by atoms with Gasteiger partial charge in [0.25, 0.3) is 0 Å². The van der Waals surface area contributed by atoms with Crippen LogP contribution in [0.1, 0.15) is 47.2 Å². The molecule has 1 aliphatic heterocycles. The molecule has 256 valence electrons. The van der Waals surface area contributed by atoms with Gasteiger partial charge in [-0.3, -0.25) is 0 Å². The van der Waals surface area contributed by atoms with Gasteiger partial charge >= 0.3 is 0 Å². The molecule has 3 aliphatic rings. The topological polar surface area (TPSA) is 12.5 Å². The summed E-state index contributed by atoms with van der Waals surface area (Å²) in [4.78, 5) is 2.43. The maximum Gasteiger partial charge on any atom is 0.140 e. The van der Waals surface area contributed by atoms with Crippen LogP contribution in [0.3, 0.4) is 0 Å². The molecule has 0 fully saturated rings. The summed E-state index contributed by atoms with van der Waals surface area (Å²) in [5, 5.41) is 0. The maximum atomic E-state index is 6.97. The van der Waals surface area contributed by atoms with Crippen LogP contribution in [0.2, 0.25) is 0 Å². The molecule has 0 amide bonds. The van der Waals surface area contributed by atoms with Crippen molar-refractivity contribution in [1.82, 2.24) is 0 Å². The number of anilines is 3. The van der Waals surface area contributed by atoms with Gasteiger partial charge in [-0.15, -0.1) is 0 Å². The first kappa shape index (κ1) is 30.9. The zero-order chi connectivity index (χ0) is 36.0. The number of benzene rings is 8. The molecular formula is C52H37NO. The Morgan fingerprint density at radius 2 is 0.889 bits per heavy atom. The monoisotopic (exact) mass is 691 g/mol. The molecule has 1 heterocycles. The Morgan fingerprint density at radius 3 is 1.63 bits per heavy atom. The van der Waals surface area contributed by atoms with Crippen molar-refractivity contribution in [2.24, 2.45) is 0 Å². The molecule has 0 bridgehead atoms. The summed E-state index contributed by atoms with van der Waals surface area (Å²) in [6, 6.07) is 68.7. The van der Waals surface area contributed by atoms with Gasteiger partial charge in [-0.25, -0.2) is 0 Å². The van der Waals surface area contributed by atoms with Gasteiger partial charge in [0.05, 0.1) is 5.41 Å². The van der Waals surface area contributed by atoms with Crippen LogP contribution in [0.4, 0.5) is 17.1 Å². The summed E-state index contributed by atoms with van der Waals surface area (Å²) in [6.07, 6.45) is 0. The van der Waals surface area contributed by atoms with Crippen LogP contribution in [-0.4, -0.2) is 0 Å². The number of ether oxygens (including phenoxy) is 1.